The van der Waals surface area contributed by atoms with Crippen LogP contribution in [-0.4, -0.2) is 19.2 Å². The molecule has 64 valence electrons. The van der Waals surface area contributed by atoms with E-state index in [1.165, 1.54) is 12.8 Å². The fraction of sp³-hybridized carbons (Fsp3) is 0.778. The van der Waals surface area contributed by atoms with Crippen molar-refractivity contribution in [3.63, 3.8) is 0 Å². The largest absolute Gasteiger partial charge is 0.500 e. The Kier molecular flexibility index (Phi) is 4.06. The molecule has 1 fully saturated rings. The Morgan fingerprint density at radius 1 is 1.64 bits per heavy atom. The number of hydrogen-bond donors (Lipinski definition) is 1. The number of ether oxygens (including phenoxy) is 1. The van der Waals surface area contributed by atoms with E-state index in [0.717, 1.165) is 19.6 Å². The van der Waals surface area contributed by atoms with Crippen LogP contribution in [-0.2, 0) is 4.74 Å². The summed E-state index contributed by atoms with van der Waals surface area (Å²) in [6.45, 7) is 4.09. The second kappa shape index (κ2) is 5.19. The van der Waals surface area contributed by atoms with Crippen molar-refractivity contribution in [1.82, 2.24) is 5.32 Å². The molecule has 0 radical (unpaired) electrons. The third-order valence-corrected chi connectivity index (χ3v) is 1.89. The van der Waals surface area contributed by atoms with E-state index >= 15 is 0 Å². The molecule has 0 aliphatic carbocycles. The van der Waals surface area contributed by atoms with Gasteiger partial charge in [0.15, 0.2) is 0 Å². The SMILES string of the molecule is CC/C=C/OCC1CCCN1. The molecule has 0 aromatic carbocycles. The van der Waals surface area contributed by atoms with Gasteiger partial charge in [0, 0.05) is 6.04 Å². The first-order valence-corrected chi connectivity index (χ1v) is 4.43. The first-order valence-electron chi connectivity index (χ1n) is 4.43. The molecule has 2 nitrogen and oxygen atoms in total. The van der Waals surface area contributed by atoms with Crippen LogP contribution in [0.5, 0.6) is 0 Å². The third-order valence-electron chi connectivity index (χ3n) is 1.89. The molecule has 1 heterocycles. The molecule has 2 heteroatoms. The first-order chi connectivity index (χ1) is 5.43. The van der Waals surface area contributed by atoms with Crippen molar-refractivity contribution in [2.45, 2.75) is 32.2 Å². The van der Waals surface area contributed by atoms with Crippen molar-refractivity contribution < 1.29 is 4.74 Å². The minimum absolute atomic E-state index is 0.594. The lowest BCUT2D eigenvalue weighted by Crippen LogP contribution is -2.25. The highest BCUT2D eigenvalue weighted by Gasteiger charge is 2.12. The van der Waals surface area contributed by atoms with Gasteiger partial charge in [-0.3, -0.25) is 0 Å². The minimum atomic E-state index is 0.594. The molecule has 1 saturated heterocycles. The van der Waals surface area contributed by atoms with Crippen LogP contribution in [0.2, 0.25) is 0 Å². The Balaban J connectivity index is 1.97. The van der Waals surface area contributed by atoms with E-state index in [1.54, 1.807) is 6.26 Å². The maximum Gasteiger partial charge on any atom is 0.103 e. The zero-order chi connectivity index (χ0) is 7.94. The Morgan fingerprint density at radius 3 is 3.18 bits per heavy atom. The van der Waals surface area contributed by atoms with Gasteiger partial charge >= 0.3 is 0 Å². The van der Waals surface area contributed by atoms with Crippen LogP contribution in [0.1, 0.15) is 26.2 Å². The van der Waals surface area contributed by atoms with Gasteiger partial charge in [-0.2, -0.15) is 0 Å². The lowest BCUT2D eigenvalue weighted by atomic mass is 10.2. The molecule has 1 atom stereocenters. The molecule has 0 saturated carbocycles. The normalized spacial score (nSPS) is 24.6. The van der Waals surface area contributed by atoms with Gasteiger partial charge in [0.1, 0.15) is 6.61 Å². The van der Waals surface area contributed by atoms with Crippen LogP contribution in [0.25, 0.3) is 0 Å². The Morgan fingerprint density at radius 2 is 2.55 bits per heavy atom. The summed E-state index contributed by atoms with van der Waals surface area (Å²) in [5, 5.41) is 3.37. The summed E-state index contributed by atoms with van der Waals surface area (Å²) in [7, 11) is 0. The summed E-state index contributed by atoms with van der Waals surface area (Å²) in [6, 6.07) is 0.594. The van der Waals surface area contributed by atoms with Gasteiger partial charge in [0.25, 0.3) is 0 Å². The van der Waals surface area contributed by atoms with Crippen molar-refractivity contribution in [1.29, 1.82) is 0 Å². The van der Waals surface area contributed by atoms with E-state index in [2.05, 4.69) is 12.2 Å². The topological polar surface area (TPSA) is 21.3 Å². The summed E-state index contributed by atoms with van der Waals surface area (Å²) in [5.74, 6) is 0. The zero-order valence-electron chi connectivity index (χ0n) is 7.18. The van der Waals surface area contributed by atoms with Crippen molar-refractivity contribution >= 4 is 0 Å². The molecule has 0 bridgehead atoms. The summed E-state index contributed by atoms with van der Waals surface area (Å²) in [5.41, 5.74) is 0. The molecule has 0 amide bonds. The van der Waals surface area contributed by atoms with Crippen molar-refractivity contribution in [3.05, 3.63) is 12.3 Å². The van der Waals surface area contributed by atoms with Gasteiger partial charge in [0.2, 0.25) is 0 Å². The van der Waals surface area contributed by atoms with Crippen LogP contribution in [0.3, 0.4) is 0 Å². The molecule has 0 aromatic rings. The van der Waals surface area contributed by atoms with Gasteiger partial charge in [-0.25, -0.2) is 0 Å². The smallest absolute Gasteiger partial charge is 0.103 e. The van der Waals surface area contributed by atoms with Crippen molar-refractivity contribution in [2.75, 3.05) is 13.2 Å². The summed E-state index contributed by atoms with van der Waals surface area (Å²) in [6.07, 6.45) is 7.46. The number of nitrogens with one attached hydrogen (secondary N) is 1. The molecule has 1 N–H and O–H groups in total. The summed E-state index contributed by atoms with van der Waals surface area (Å²) >= 11 is 0. The molecule has 0 spiro atoms. The van der Waals surface area contributed by atoms with Gasteiger partial charge in [0.05, 0.1) is 6.26 Å². The van der Waals surface area contributed by atoms with Crippen LogP contribution in [0.15, 0.2) is 12.3 Å². The van der Waals surface area contributed by atoms with E-state index in [1.807, 2.05) is 6.08 Å². The van der Waals surface area contributed by atoms with E-state index < -0.39 is 0 Å². The minimum Gasteiger partial charge on any atom is -0.500 e. The lowest BCUT2D eigenvalue weighted by molar-refractivity contribution is 0.217. The molecular weight excluding hydrogens is 138 g/mol. The Labute approximate surface area is 68.6 Å². The highest BCUT2D eigenvalue weighted by molar-refractivity contribution is 4.76. The Bertz CT molecular complexity index is 117. The molecule has 1 aliphatic rings. The third kappa shape index (κ3) is 3.42. The van der Waals surface area contributed by atoms with Crippen LogP contribution in [0.4, 0.5) is 0 Å². The lowest BCUT2D eigenvalue weighted by Gasteiger charge is -2.08. The predicted octanol–water partition coefficient (Wildman–Crippen LogP) is 1.68. The molecule has 1 aliphatic heterocycles. The van der Waals surface area contributed by atoms with Gasteiger partial charge in [-0.05, 0) is 25.8 Å². The number of rotatable bonds is 4. The quantitative estimate of drug-likeness (QED) is 0.624. The number of hydrogen-bond acceptors (Lipinski definition) is 2. The van der Waals surface area contributed by atoms with E-state index in [4.69, 9.17) is 4.74 Å². The van der Waals surface area contributed by atoms with Crippen molar-refractivity contribution in [2.24, 2.45) is 0 Å². The average molecular weight is 155 g/mol. The zero-order valence-corrected chi connectivity index (χ0v) is 7.18. The first kappa shape index (κ1) is 8.60. The van der Waals surface area contributed by atoms with Crippen molar-refractivity contribution in [3.8, 4) is 0 Å². The summed E-state index contributed by atoms with van der Waals surface area (Å²) in [4.78, 5) is 0. The summed E-state index contributed by atoms with van der Waals surface area (Å²) < 4.78 is 5.31. The molecule has 1 unspecified atom stereocenters. The van der Waals surface area contributed by atoms with Gasteiger partial charge in [-0.15, -0.1) is 0 Å². The van der Waals surface area contributed by atoms with Gasteiger partial charge < -0.3 is 10.1 Å². The predicted molar refractivity (Wildman–Crippen MR) is 46.4 cm³/mol. The highest BCUT2D eigenvalue weighted by atomic mass is 16.5. The fourth-order valence-electron chi connectivity index (χ4n) is 1.23. The van der Waals surface area contributed by atoms with E-state index in [0.29, 0.717) is 6.04 Å². The fourth-order valence-corrected chi connectivity index (χ4v) is 1.23. The monoisotopic (exact) mass is 155 g/mol. The standard InChI is InChI=1S/C9H17NO/c1-2-3-7-11-8-9-5-4-6-10-9/h3,7,9-10H,2,4-6,8H2,1H3/b7-3+. The second-order valence-corrected chi connectivity index (χ2v) is 2.91. The molecule has 0 aromatic heterocycles. The van der Waals surface area contributed by atoms with E-state index in [9.17, 15) is 0 Å². The second-order valence-electron chi connectivity index (χ2n) is 2.91. The van der Waals surface area contributed by atoms with E-state index in [-0.39, 0.29) is 0 Å². The molecular formula is C9H17NO. The van der Waals surface area contributed by atoms with Gasteiger partial charge in [-0.1, -0.05) is 13.0 Å². The van der Waals surface area contributed by atoms with Crippen LogP contribution >= 0.6 is 0 Å². The molecule has 1 rings (SSSR count). The van der Waals surface area contributed by atoms with Crippen LogP contribution < -0.4 is 5.32 Å². The average Bonchev–Trinajstić information content (AvgIpc) is 2.50. The van der Waals surface area contributed by atoms with Crippen LogP contribution in [0, 0.1) is 0 Å². The maximum atomic E-state index is 5.31. The highest BCUT2D eigenvalue weighted by Crippen LogP contribution is 2.04. The Hall–Kier alpha value is -0.500. The molecule has 11 heavy (non-hydrogen) atoms. The maximum absolute atomic E-state index is 5.31. The number of allylic oxidation sites excluding steroid dienone is 1.